The predicted octanol–water partition coefficient (Wildman–Crippen LogP) is 5.38. The van der Waals surface area contributed by atoms with E-state index >= 15 is 4.39 Å². The summed E-state index contributed by atoms with van der Waals surface area (Å²) in [6, 6.07) is 8.24. The summed E-state index contributed by atoms with van der Waals surface area (Å²) in [5.74, 6) is -0.398. The SMILES string of the molecule is Cc1cc(OC2CC(F)(I)C2)cc(F)c1C1C(C)C(=O)N1c1ccc2nc[nH]c2c1. The average molecular weight is 523 g/mol. The van der Waals surface area contributed by atoms with Gasteiger partial charge in [0.25, 0.3) is 0 Å². The zero-order chi connectivity index (χ0) is 21.2. The highest BCUT2D eigenvalue weighted by Crippen LogP contribution is 2.47. The van der Waals surface area contributed by atoms with Crippen LogP contribution in [0.25, 0.3) is 11.0 Å². The van der Waals surface area contributed by atoms with Crippen molar-refractivity contribution in [3.63, 3.8) is 0 Å². The van der Waals surface area contributed by atoms with E-state index in [2.05, 4.69) is 9.97 Å². The normalized spacial score (nSPS) is 28.4. The molecule has 5 nitrogen and oxygen atoms in total. The number of nitrogens with one attached hydrogen (secondary N) is 1. The van der Waals surface area contributed by atoms with Gasteiger partial charge in [-0.15, -0.1) is 0 Å². The fourth-order valence-electron chi connectivity index (χ4n) is 4.42. The van der Waals surface area contributed by atoms with E-state index in [1.165, 1.54) is 6.07 Å². The van der Waals surface area contributed by atoms with Crippen molar-refractivity contribution in [1.82, 2.24) is 9.97 Å². The summed E-state index contributed by atoms with van der Waals surface area (Å²) in [4.78, 5) is 21.6. The smallest absolute Gasteiger partial charge is 0.232 e. The molecule has 1 amide bonds. The van der Waals surface area contributed by atoms with Crippen molar-refractivity contribution in [2.45, 2.75) is 42.5 Å². The molecule has 30 heavy (non-hydrogen) atoms. The maximum Gasteiger partial charge on any atom is 0.232 e. The number of hydrogen-bond acceptors (Lipinski definition) is 3. The van der Waals surface area contributed by atoms with Crippen LogP contribution in [0.1, 0.15) is 36.9 Å². The van der Waals surface area contributed by atoms with Crippen LogP contribution >= 0.6 is 22.6 Å². The number of carbonyl (C=O) groups excluding carboxylic acids is 1. The van der Waals surface area contributed by atoms with Crippen LogP contribution in [0.3, 0.4) is 0 Å². The first-order valence-corrected chi connectivity index (χ1v) is 10.9. The number of halogens is 3. The number of aromatic amines is 1. The van der Waals surface area contributed by atoms with Gasteiger partial charge in [-0.3, -0.25) is 4.79 Å². The van der Waals surface area contributed by atoms with Crippen molar-refractivity contribution >= 4 is 45.2 Å². The van der Waals surface area contributed by atoms with Crippen LogP contribution in [-0.4, -0.2) is 25.7 Å². The van der Waals surface area contributed by atoms with Crippen LogP contribution < -0.4 is 9.64 Å². The van der Waals surface area contributed by atoms with E-state index in [1.807, 2.05) is 32.0 Å². The second kappa shape index (κ2) is 6.90. The van der Waals surface area contributed by atoms with Crippen LogP contribution in [0.5, 0.6) is 5.75 Å². The molecular formula is C22H20F2IN3O2. The standard InChI is InChI=1S/C22H20F2IN3O2/c1-11-5-14(30-15-8-22(24,25)9-15)7-16(23)19(11)20-12(2)21(29)28(20)13-3-4-17-18(6-13)27-10-26-17/h3-7,10,12,15,20H,8-9H2,1-2H3,(H,26,27). The Bertz CT molecular complexity index is 1130. The van der Waals surface area contributed by atoms with Crippen LogP contribution in [0.4, 0.5) is 14.5 Å². The number of amides is 1. The Hall–Kier alpha value is -2.23. The summed E-state index contributed by atoms with van der Waals surface area (Å²) in [5, 5.41) is 0. The zero-order valence-electron chi connectivity index (χ0n) is 16.5. The highest BCUT2D eigenvalue weighted by atomic mass is 127. The van der Waals surface area contributed by atoms with Gasteiger partial charge in [0.15, 0.2) is 3.68 Å². The van der Waals surface area contributed by atoms with Gasteiger partial charge in [0.1, 0.15) is 17.7 Å². The zero-order valence-corrected chi connectivity index (χ0v) is 18.6. The quantitative estimate of drug-likeness (QED) is 0.284. The Morgan fingerprint density at radius 1 is 1.30 bits per heavy atom. The molecule has 2 fully saturated rings. The van der Waals surface area contributed by atoms with Gasteiger partial charge < -0.3 is 14.6 Å². The van der Waals surface area contributed by atoms with E-state index in [4.69, 9.17) is 4.74 Å². The summed E-state index contributed by atoms with van der Waals surface area (Å²) in [7, 11) is 0. The molecule has 2 aliphatic rings. The minimum absolute atomic E-state index is 0.0474. The van der Waals surface area contributed by atoms with Crippen molar-refractivity contribution in [3.05, 3.63) is 53.6 Å². The number of aromatic nitrogens is 2. The Labute approximate surface area is 185 Å². The first-order valence-electron chi connectivity index (χ1n) is 9.84. The van der Waals surface area contributed by atoms with Crippen LogP contribution in [0.15, 0.2) is 36.7 Å². The lowest BCUT2D eigenvalue weighted by Gasteiger charge is -2.46. The summed E-state index contributed by atoms with van der Waals surface area (Å²) in [6.45, 7) is 3.63. The second-order valence-corrected chi connectivity index (χ2v) is 10.1. The number of imidazole rings is 1. The van der Waals surface area contributed by atoms with Crippen molar-refractivity contribution < 1.29 is 18.3 Å². The number of alkyl halides is 2. The Kier molecular flexibility index (Phi) is 4.53. The summed E-state index contributed by atoms with van der Waals surface area (Å²) in [5.41, 5.74) is 3.53. The van der Waals surface area contributed by atoms with E-state index in [0.29, 0.717) is 35.4 Å². The number of carbonyl (C=O) groups is 1. The van der Waals surface area contributed by atoms with E-state index in [9.17, 15) is 9.18 Å². The Morgan fingerprint density at radius 2 is 2.07 bits per heavy atom. The monoisotopic (exact) mass is 523 g/mol. The molecule has 2 atom stereocenters. The Balaban J connectivity index is 1.45. The van der Waals surface area contributed by atoms with E-state index < -0.39 is 15.5 Å². The lowest BCUT2D eigenvalue weighted by molar-refractivity contribution is -0.129. The van der Waals surface area contributed by atoms with Gasteiger partial charge in [-0.1, -0.05) is 6.92 Å². The van der Waals surface area contributed by atoms with Gasteiger partial charge in [-0.05, 0) is 59.3 Å². The maximum absolute atomic E-state index is 15.2. The fraction of sp³-hybridized carbons (Fsp3) is 0.364. The molecule has 1 aliphatic carbocycles. The molecule has 3 aromatic rings. The van der Waals surface area contributed by atoms with Crippen molar-refractivity contribution in [2.24, 2.45) is 5.92 Å². The summed E-state index contributed by atoms with van der Waals surface area (Å²) < 4.78 is 33.4. The van der Waals surface area contributed by atoms with Gasteiger partial charge in [-0.25, -0.2) is 13.8 Å². The number of ether oxygens (including phenoxy) is 1. The van der Waals surface area contributed by atoms with Crippen molar-refractivity contribution in [1.29, 1.82) is 0 Å². The number of fused-ring (bicyclic) bond motifs is 1. The third-order valence-electron chi connectivity index (χ3n) is 6.02. The molecule has 0 spiro atoms. The first kappa shape index (κ1) is 19.7. The second-order valence-electron chi connectivity index (χ2n) is 8.19. The molecule has 0 radical (unpaired) electrons. The number of aryl methyl sites for hydroxylation is 1. The maximum atomic E-state index is 15.2. The molecule has 8 heteroatoms. The molecule has 1 aromatic heterocycles. The molecular weight excluding hydrogens is 503 g/mol. The fourth-order valence-corrected chi connectivity index (χ4v) is 5.40. The summed E-state index contributed by atoms with van der Waals surface area (Å²) >= 11 is 1.78. The lowest BCUT2D eigenvalue weighted by Crippen LogP contribution is -2.54. The van der Waals surface area contributed by atoms with Crippen LogP contribution in [0, 0.1) is 18.7 Å². The molecule has 1 aliphatic heterocycles. The van der Waals surface area contributed by atoms with E-state index in [-0.39, 0.29) is 17.9 Å². The van der Waals surface area contributed by atoms with E-state index in [1.54, 1.807) is 39.9 Å². The minimum atomic E-state index is -1.23. The average Bonchev–Trinajstić information content (AvgIpc) is 3.12. The molecule has 1 saturated carbocycles. The van der Waals surface area contributed by atoms with Crippen LogP contribution in [-0.2, 0) is 4.79 Å². The number of nitrogens with zero attached hydrogens (tertiary/aromatic N) is 2. The summed E-state index contributed by atoms with van der Waals surface area (Å²) in [6.07, 6.45) is 1.96. The van der Waals surface area contributed by atoms with Crippen molar-refractivity contribution in [2.75, 3.05) is 4.90 Å². The highest BCUT2D eigenvalue weighted by molar-refractivity contribution is 14.1. The molecule has 5 rings (SSSR count). The Morgan fingerprint density at radius 3 is 2.77 bits per heavy atom. The van der Waals surface area contributed by atoms with E-state index in [0.717, 1.165) is 11.0 Å². The lowest BCUT2D eigenvalue weighted by atomic mass is 9.81. The van der Waals surface area contributed by atoms with Gasteiger partial charge in [0.05, 0.1) is 29.3 Å². The van der Waals surface area contributed by atoms with Crippen LogP contribution in [0.2, 0.25) is 0 Å². The number of β-lactam (4-membered cyclic amide) rings is 1. The first-order chi connectivity index (χ1) is 14.2. The molecule has 2 unspecified atom stereocenters. The number of anilines is 1. The predicted molar refractivity (Wildman–Crippen MR) is 118 cm³/mol. The molecule has 156 valence electrons. The van der Waals surface area contributed by atoms with Gasteiger partial charge in [0, 0.05) is 30.2 Å². The molecule has 2 aromatic carbocycles. The topological polar surface area (TPSA) is 58.2 Å². The van der Waals surface area contributed by atoms with Gasteiger partial charge >= 0.3 is 0 Å². The number of rotatable bonds is 4. The number of benzene rings is 2. The number of H-pyrrole nitrogens is 1. The molecule has 1 saturated heterocycles. The largest absolute Gasteiger partial charge is 0.490 e. The third-order valence-corrected chi connectivity index (χ3v) is 6.90. The molecule has 0 bridgehead atoms. The molecule has 1 N–H and O–H groups in total. The number of hydrogen-bond donors (Lipinski definition) is 1. The van der Waals surface area contributed by atoms with Gasteiger partial charge in [0.2, 0.25) is 5.91 Å². The van der Waals surface area contributed by atoms with Crippen molar-refractivity contribution in [3.8, 4) is 5.75 Å². The third kappa shape index (κ3) is 3.16. The van der Waals surface area contributed by atoms with Gasteiger partial charge in [-0.2, -0.15) is 0 Å². The highest BCUT2D eigenvalue weighted by Gasteiger charge is 2.48. The minimum Gasteiger partial charge on any atom is -0.490 e. The molecule has 2 heterocycles.